The smallest absolute Gasteiger partial charge is 0.341 e. The quantitative estimate of drug-likeness (QED) is 0.583. The molecule has 0 spiro atoms. The molecule has 0 atom stereocenters. The van der Waals surface area contributed by atoms with Crippen molar-refractivity contribution >= 4 is 12.2 Å². The molecule has 0 saturated carbocycles. The zero-order valence-electron chi connectivity index (χ0n) is 12.5. The van der Waals surface area contributed by atoms with Crippen molar-refractivity contribution in [1.29, 1.82) is 0 Å². The van der Waals surface area contributed by atoms with Crippen molar-refractivity contribution in [3.8, 4) is 11.5 Å². The SMILES string of the molecule is C=CCc1cc(C=Nn2cnnc2)cc(OC)c1OCC(=O)O. The number of hydrogen-bond acceptors (Lipinski definition) is 6. The fourth-order valence-electron chi connectivity index (χ4n) is 1.90. The number of aliphatic carboxylic acids is 1. The van der Waals surface area contributed by atoms with E-state index >= 15 is 0 Å². The molecule has 8 nitrogen and oxygen atoms in total. The predicted octanol–water partition coefficient (Wildman–Crippen LogP) is 1.36. The Kier molecular flexibility index (Phi) is 5.45. The normalized spacial score (nSPS) is 10.7. The van der Waals surface area contributed by atoms with Gasteiger partial charge in [-0.1, -0.05) is 6.08 Å². The van der Waals surface area contributed by atoms with Gasteiger partial charge in [-0.3, -0.25) is 0 Å². The van der Waals surface area contributed by atoms with E-state index in [1.54, 1.807) is 18.4 Å². The number of ether oxygens (including phenoxy) is 2. The molecule has 0 fully saturated rings. The Balaban J connectivity index is 2.35. The summed E-state index contributed by atoms with van der Waals surface area (Å²) in [6.07, 6.45) is 6.73. The number of carbonyl (C=O) groups is 1. The Hall–Kier alpha value is -3.16. The minimum atomic E-state index is -1.06. The molecule has 0 aliphatic rings. The molecule has 1 aromatic carbocycles. The number of rotatable bonds is 8. The zero-order valence-corrected chi connectivity index (χ0v) is 12.5. The van der Waals surface area contributed by atoms with Crippen LogP contribution in [0, 0.1) is 0 Å². The summed E-state index contributed by atoms with van der Waals surface area (Å²) in [6, 6.07) is 3.53. The average molecular weight is 316 g/mol. The molecule has 1 aromatic heterocycles. The van der Waals surface area contributed by atoms with Crippen molar-refractivity contribution < 1.29 is 19.4 Å². The van der Waals surface area contributed by atoms with E-state index in [9.17, 15) is 4.79 Å². The molecule has 120 valence electrons. The Morgan fingerprint density at radius 1 is 1.43 bits per heavy atom. The summed E-state index contributed by atoms with van der Waals surface area (Å²) in [7, 11) is 1.49. The molecule has 0 amide bonds. The van der Waals surface area contributed by atoms with Gasteiger partial charge < -0.3 is 14.6 Å². The van der Waals surface area contributed by atoms with Crippen LogP contribution in [-0.2, 0) is 11.2 Å². The topological polar surface area (TPSA) is 98.8 Å². The molecule has 2 aromatic rings. The number of nitrogens with zero attached hydrogens (tertiary/aromatic N) is 4. The van der Waals surface area contributed by atoms with E-state index < -0.39 is 12.6 Å². The van der Waals surface area contributed by atoms with Gasteiger partial charge in [-0.05, 0) is 24.1 Å². The average Bonchev–Trinajstić information content (AvgIpc) is 3.04. The third-order valence-corrected chi connectivity index (χ3v) is 2.82. The highest BCUT2D eigenvalue weighted by atomic mass is 16.5. The van der Waals surface area contributed by atoms with Gasteiger partial charge in [0.1, 0.15) is 12.7 Å². The number of hydrogen-bond donors (Lipinski definition) is 1. The van der Waals surface area contributed by atoms with Crippen molar-refractivity contribution in [1.82, 2.24) is 14.9 Å². The van der Waals surface area contributed by atoms with Gasteiger partial charge >= 0.3 is 5.97 Å². The second kappa shape index (κ2) is 7.74. The summed E-state index contributed by atoms with van der Waals surface area (Å²) in [4.78, 5) is 10.7. The molecule has 0 radical (unpaired) electrons. The Bertz CT molecular complexity index is 711. The number of benzene rings is 1. The van der Waals surface area contributed by atoms with Crippen LogP contribution in [0.25, 0.3) is 0 Å². The number of methoxy groups -OCH3 is 1. The lowest BCUT2D eigenvalue weighted by Gasteiger charge is -2.14. The van der Waals surface area contributed by atoms with Gasteiger partial charge in [-0.15, -0.1) is 16.8 Å². The second-order valence-corrected chi connectivity index (χ2v) is 4.47. The highest BCUT2D eigenvalue weighted by Gasteiger charge is 2.13. The standard InChI is InChI=1S/C15H16N4O4/c1-3-4-12-5-11(7-18-19-9-16-17-10-19)6-13(22-2)15(12)23-8-14(20)21/h3,5-7,9-10H,1,4,8H2,2H3,(H,20,21). The lowest BCUT2D eigenvalue weighted by molar-refractivity contribution is -0.139. The van der Waals surface area contributed by atoms with Gasteiger partial charge in [-0.25, -0.2) is 9.47 Å². The fraction of sp³-hybridized carbons (Fsp3) is 0.200. The van der Waals surface area contributed by atoms with Crippen LogP contribution in [0.15, 0.2) is 42.5 Å². The maximum Gasteiger partial charge on any atom is 0.341 e. The summed E-state index contributed by atoms with van der Waals surface area (Å²) in [5.74, 6) is -0.248. The summed E-state index contributed by atoms with van der Waals surface area (Å²) in [6.45, 7) is 3.25. The molecule has 0 unspecified atom stereocenters. The minimum absolute atomic E-state index is 0.385. The second-order valence-electron chi connectivity index (χ2n) is 4.47. The minimum Gasteiger partial charge on any atom is -0.493 e. The van der Waals surface area contributed by atoms with Crippen LogP contribution in [0.2, 0.25) is 0 Å². The van der Waals surface area contributed by atoms with E-state index in [2.05, 4.69) is 21.9 Å². The van der Waals surface area contributed by atoms with Crippen LogP contribution < -0.4 is 9.47 Å². The Morgan fingerprint density at radius 3 is 2.78 bits per heavy atom. The van der Waals surface area contributed by atoms with Gasteiger partial charge in [-0.2, -0.15) is 5.10 Å². The fourth-order valence-corrected chi connectivity index (χ4v) is 1.90. The van der Waals surface area contributed by atoms with Crippen molar-refractivity contribution in [3.63, 3.8) is 0 Å². The zero-order chi connectivity index (χ0) is 16.7. The van der Waals surface area contributed by atoms with E-state index in [0.29, 0.717) is 17.9 Å². The monoisotopic (exact) mass is 316 g/mol. The lowest BCUT2D eigenvalue weighted by atomic mass is 10.1. The maximum absolute atomic E-state index is 10.7. The van der Waals surface area contributed by atoms with E-state index in [1.807, 2.05) is 6.07 Å². The third kappa shape index (κ3) is 4.40. The number of allylic oxidation sites excluding steroid dienone is 1. The summed E-state index contributed by atoms with van der Waals surface area (Å²) >= 11 is 0. The molecule has 0 aliphatic carbocycles. The van der Waals surface area contributed by atoms with Crippen molar-refractivity contribution in [3.05, 3.63) is 48.6 Å². The van der Waals surface area contributed by atoms with Gasteiger partial charge in [0.25, 0.3) is 0 Å². The van der Waals surface area contributed by atoms with Crippen LogP contribution in [0.5, 0.6) is 11.5 Å². The molecule has 8 heteroatoms. The highest BCUT2D eigenvalue weighted by molar-refractivity contribution is 5.81. The highest BCUT2D eigenvalue weighted by Crippen LogP contribution is 2.33. The number of aromatic nitrogens is 3. The third-order valence-electron chi connectivity index (χ3n) is 2.82. The molecule has 23 heavy (non-hydrogen) atoms. The van der Waals surface area contributed by atoms with Crippen molar-refractivity contribution in [2.45, 2.75) is 6.42 Å². The van der Waals surface area contributed by atoms with E-state index in [0.717, 1.165) is 11.1 Å². The molecule has 1 N–H and O–H groups in total. The van der Waals surface area contributed by atoms with Gasteiger partial charge in [0, 0.05) is 5.56 Å². The summed E-state index contributed by atoms with van der Waals surface area (Å²) < 4.78 is 12.1. The Morgan fingerprint density at radius 2 is 2.17 bits per heavy atom. The maximum atomic E-state index is 10.7. The molecular weight excluding hydrogens is 300 g/mol. The molecule has 0 saturated heterocycles. The summed E-state index contributed by atoms with van der Waals surface area (Å²) in [5, 5.41) is 20.3. The summed E-state index contributed by atoms with van der Waals surface area (Å²) in [5.41, 5.74) is 1.51. The van der Waals surface area contributed by atoms with Crippen molar-refractivity contribution in [2.75, 3.05) is 13.7 Å². The molecule has 2 rings (SSSR count). The molecule has 0 bridgehead atoms. The predicted molar refractivity (Wildman–Crippen MR) is 83.0 cm³/mol. The first-order chi connectivity index (χ1) is 11.1. The van der Waals surface area contributed by atoms with Crippen LogP contribution in [0.3, 0.4) is 0 Å². The van der Waals surface area contributed by atoms with Crippen LogP contribution in [0.4, 0.5) is 0 Å². The van der Waals surface area contributed by atoms with Crippen LogP contribution in [0.1, 0.15) is 11.1 Å². The number of carboxylic acids is 1. The van der Waals surface area contributed by atoms with Gasteiger partial charge in [0.2, 0.25) is 0 Å². The molecular formula is C15H16N4O4. The van der Waals surface area contributed by atoms with Crippen LogP contribution in [-0.4, -0.2) is 45.9 Å². The largest absolute Gasteiger partial charge is 0.493 e. The van der Waals surface area contributed by atoms with Gasteiger partial charge in [0.05, 0.1) is 13.3 Å². The lowest BCUT2D eigenvalue weighted by Crippen LogP contribution is -2.11. The first-order valence-electron chi connectivity index (χ1n) is 6.69. The Labute approximate surface area is 132 Å². The molecule has 1 heterocycles. The first kappa shape index (κ1) is 16.2. The van der Waals surface area contributed by atoms with E-state index in [-0.39, 0.29) is 0 Å². The van der Waals surface area contributed by atoms with E-state index in [1.165, 1.54) is 24.4 Å². The molecule has 0 aliphatic heterocycles. The van der Waals surface area contributed by atoms with E-state index in [4.69, 9.17) is 14.6 Å². The van der Waals surface area contributed by atoms with Crippen molar-refractivity contribution in [2.24, 2.45) is 5.10 Å². The first-order valence-corrected chi connectivity index (χ1v) is 6.69. The van der Waals surface area contributed by atoms with Crippen LogP contribution >= 0.6 is 0 Å². The number of carboxylic acid groups (broad SMARTS) is 1. The van der Waals surface area contributed by atoms with Gasteiger partial charge in [0.15, 0.2) is 18.1 Å².